The summed E-state index contributed by atoms with van der Waals surface area (Å²) in [5, 5.41) is 8.76. The van der Waals surface area contributed by atoms with Gasteiger partial charge in [0.2, 0.25) is 0 Å². The topological polar surface area (TPSA) is 49.8 Å². The fraction of sp³-hybridized carbons (Fsp3) is 0.0714. The average molecular weight is 258 g/mol. The van der Waals surface area contributed by atoms with E-state index in [0.29, 0.717) is 11.3 Å². The number of thioether (sulfide) groups is 1. The van der Waals surface area contributed by atoms with Crippen molar-refractivity contribution in [2.75, 3.05) is 5.73 Å². The molecular weight excluding hydrogens is 247 g/mol. The van der Waals surface area contributed by atoms with Crippen LogP contribution in [0.2, 0.25) is 0 Å². The molecule has 90 valence electrons. The van der Waals surface area contributed by atoms with Crippen LogP contribution in [0.3, 0.4) is 0 Å². The Bertz CT molecular complexity index is 588. The van der Waals surface area contributed by atoms with E-state index in [4.69, 9.17) is 11.0 Å². The third kappa shape index (κ3) is 3.25. The first-order chi connectivity index (χ1) is 8.67. The zero-order valence-electron chi connectivity index (χ0n) is 9.56. The van der Waals surface area contributed by atoms with E-state index in [0.717, 1.165) is 16.1 Å². The first-order valence-electron chi connectivity index (χ1n) is 5.35. The fourth-order valence-electron chi connectivity index (χ4n) is 1.53. The minimum absolute atomic E-state index is 0.350. The van der Waals surface area contributed by atoms with Crippen LogP contribution < -0.4 is 5.73 Å². The van der Waals surface area contributed by atoms with Gasteiger partial charge >= 0.3 is 0 Å². The van der Waals surface area contributed by atoms with Crippen molar-refractivity contribution in [2.45, 2.75) is 10.6 Å². The quantitative estimate of drug-likeness (QED) is 0.676. The predicted molar refractivity (Wildman–Crippen MR) is 71.5 cm³/mol. The number of rotatable bonds is 3. The summed E-state index contributed by atoms with van der Waals surface area (Å²) in [4.78, 5) is 1.06. The van der Waals surface area contributed by atoms with Crippen LogP contribution >= 0.6 is 11.8 Å². The molecule has 0 fully saturated rings. The molecule has 0 aliphatic heterocycles. The average Bonchev–Trinajstić information content (AvgIpc) is 2.37. The van der Waals surface area contributed by atoms with Crippen molar-refractivity contribution in [1.82, 2.24) is 0 Å². The molecule has 2 aromatic carbocycles. The van der Waals surface area contributed by atoms with Gasteiger partial charge in [-0.3, -0.25) is 0 Å². The van der Waals surface area contributed by atoms with Gasteiger partial charge in [0.25, 0.3) is 0 Å². The fourth-order valence-corrected chi connectivity index (χ4v) is 2.36. The van der Waals surface area contributed by atoms with E-state index in [-0.39, 0.29) is 5.82 Å². The molecule has 0 atom stereocenters. The minimum atomic E-state index is -0.373. The second-order valence-electron chi connectivity index (χ2n) is 3.82. The molecule has 0 saturated heterocycles. The van der Waals surface area contributed by atoms with Crippen LogP contribution in [0.15, 0.2) is 47.4 Å². The third-order valence-electron chi connectivity index (χ3n) is 2.37. The number of nitrogens with two attached hydrogens (primary N) is 1. The molecule has 0 bridgehead atoms. The maximum Gasteiger partial charge on any atom is 0.124 e. The van der Waals surface area contributed by atoms with E-state index in [9.17, 15) is 4.39 Å². The van der Waals surface area contributed by atoms with Gasteiger partial charge in [0.15, 0.2) is 0 Å². The van der Waals surface area contributed by atoms with Crippen molar-refractivity contribution in [3.63, 3.8) is 0 Å². The summed E-state index contributed by atoms with van der Waals surface area (Å²) in [6, 6.07) is 13.8. The highest BCUT2D eigenvalue weighted by atomic mass is 32.2. The molecule has 0 amide bonds. The highest BCUT2D eigenvalue weighted by molar-refractivity contribution is 7.98. The van der Waals surface area contributed by atoms with Gasteiger partial charge in [0.05, 0.1) is 11.6 Å². The zero-order chi connectivity index (χ0) is 13.0. The lowest BCUT2D eigenvalue weighted by atomic mass is 10.1. The van der Waals surface area contributed by atoms with Gasteiger partial charge < -0.3 is 5.73 Å². The Hall–Kier alpha value is -1.99. The number of nitrogen functional groups attached to an aromatic ring is 1. The largest absolute Gasteiger partial charge is 0.399 e. The number of anilines is 1. The normalized spacial score (nSPS) is 10.0. The molecule has 2 rings (SSSR count). The molecule has 2 N–H and O–H groups in total. The van der Waals surface area contributed by atoms with Crippen molar-refractivity contribution >= 4 is 17.4 Å². The minimum Gasteiger partial charge on any atom is -0.399 e. The van der Waals surface area contributed by atoms with Crippen LogP contribution in [0.1, 0.15) is 11.1 Å². The van der Waals surface area contributed by atoms with Gasteiger partial charge in [-0.2, -0.15) is 5.26 Å². The Labute approximate surface area is 109 Å². The van der Waals surface area contributed by atoms with Crippen molar-refractivity contribution in [3.05, 3.63) is 59.4 Å². The van der Waals surface area contributed by atoms with Crippen LogP contribution in [0.25, 0.3) is 0 Å². The SMILES string of the molecule is N#Cc1cc(F)cc(CSc2ccc(N)cc2)c1. The summed E-state index contributed by atoms with van der Waals surface area (Å²) in [5.41, 5.74) is 7.47. The zero-order valence-corrected chi connectivity index (χ0v) is 10.4. The molecule has 0 heterocycles. The smallest absolute Gasteiger partial charge is 0.124 e. The molecule has 18 heavy (non-hydrogen) atoms. The van der Waals surface area contributed by atoms with Crippen LogP contribution in [-0.4, -0.2) is 0 Å². The Morgan fingerprint density at radius 2 is 1.89 bits per heavy atom. The molecule has 0 saturated carbocycles. The molecule has 0 aliphatic rings. The summed E-state index contributed by atoms with van der Waals surface area (Å²) >= 11 is 1.58. The molecule has 4 heteroatoms. The van der Waals surface area contributed by atoms with Gasteiger partial charge in [-0.1, -0.05) is 0 Å². The maximum absolute atomic E-state index is 13.2. The van der Waals surface area contributed by atoms with Crippen molar-refractivity contribution in [1.29, 1.82) is 5.26 Å². The molecule has 0 spiro atoms. The summed E-state index contributed by atoms with van der Waals surface area (Å²) in [7, 11) is 0. The molecule has 2 aromatic rings. The number of hydrogen-bond acceptors (Lipinski definition) is 3. The third-order valence-corrected chi connectivity index (χ3v) is 3.46. The number of nitrogens with zero attached hydrogens (tertiary/aromatic N) is 1. The Balaban J connectivity index is 2.08. The van der Waals surface area contributed by atoms with E-state index >= 15 is 0 Å². The molecule has 0 radical (unpaired) electrons. The molecule has 0 unspecified atom stereocenters. The van der Waals surface area contributed by atoms with Crippen LogP contribution in [-0.2, 0) is 5.75 Å². The number of benzene rings is 2. The first-order valence-corrected chi connectivity index (χ1v) is 6.34. The van der Waals surface area contributed by atoms with Crippen molar-refractivity contribution < 1.29 is 4.39 Å². The first kappa shape index (κ1) is 12.5. The second-order valence-corrected chi connectivity index (χ2v) is 4.87. The Morgan fingerprint density at radius 1 is 1.17 bits per heavy atom. The Kier molecular flexibility index (Phi) is 3.85. The van der Waals surface area contributed by atoms with Crippen molar-refractivity contribution in [3.8, 4) is 6.07 Å². The standard InChI is InChI=1S/C14H11FN2S/c15-12-6-10(8-16)5-11(7-12)9-18-14-3-1-13(17)2-4-14/h1-7H,9,17H2. The van der Waals surface area contributed by atoms with Crippen LogP contribution in [0.4, 0.5) is 10.1 Å². The lowest BCUT2D eigenvalue weighted by Gasteiger charge is -2.03. The van der Waals surface area contributed by atoms with E-state index in [1.54, 1.807) is 17.8 Å². The molecule has 0 aliphatic carbocycles. The van der Waals surface area contributed by atoms with Gasteiger partial charge in [0.1, 0.15) is 5.82 Å². The summed E-state index contributed by atoms with van der Waals surface area (Å²) < 4.78 is 13.2. The van der Waals surface area contributed by atoms with Crippen LogP contribution in [0.5, 0.6) is 0 Å². The lowest BCUT2D eigenvalue weighted by molar-refractivity contribution is 0.626. The van der Waals surface area contributed by atoms with E-state index < -0.39 is 0 Å². The Morgan fingerprint density at radius 3 is 2.56 bits per heavy atom. The molecule has 2 nitrogen and oxygen atoms in total. The number of hydrogen-bond donors (Lipinski definition) is 1. The van der Waals surface area contributed by atoms with Crippen molar-refractivity contribution in [2.24, 2.45) is 0 Å². The van der Waals surface area contributed by atoms with Gasteiger partial charge in [-0.15, -0.1) is 11.8 Å². The number of halogens is 1. The summed E-state index contributed by atoms with van der Waals surface area (Å²) in [6.07, 6.45) is 0. The van der Waals surface area contributed by atoms with Gasteiger partial charge in [-0.05, 0) is 48.0 Å². The van der Waals surface area contributed by atoms with Gasteiger partial charge in [-0.25, -0.2) is 4.39 Å². The van der Waals surface area contributed by atoms with Crippen LogP contribution in [0, 0.1) is 17.1 Å². The van der Waals surface area contributed by atoms with E-state index in [1.807, 2.05) is 30.3 Å². The lowest BCUT2D eigenvalue weighted by Crippen LogP contribution is -1.87. The predicted octanol–water partition coefficient (Wildman–Crippen LogP) is 3.57. The highest BCUT2D eigenvalue weighted by Gasteiger charge is 2.02. The number of nitriles is 1. The van der Waals surface area contributed by atoms with Gasteiger partial charge in [0, 0.05) is 16.3 Å². The summed E-state index contributed by atoms with van der Waals surface area (Å²) in [6.45, 7) is 0. The second kappa shape index (κ2) is 5.56. The monoisotopic (exact) mass is 258 g/mol. The molecular formula is C14H11FN2S. The molecule has 0 aromatic heterocycles. The maximum atomic E-state index is 13.2. The van der Waals surface area contributed by atoms with E-state index in [1.165, 1.54) is 12.1 Å². The highest BCUT2D eigenvalue weighted by Crippen LogP contribution is 2.24. The van der Waals surface area contributed by atoms with E-state index in [2.05, 4.69) is 0 Å². The summed E-state index contributed by atoms with van der Waals surface area (Å²) in [5.74, 6) is 0.248.